The number of halogens is 1. The molecule has 1 aliphatic rings. The molecular weight excluding hydrogens is 384 g/mol. The molecule has 2 aromatic rings. The molecule has 0 saturated carbocycles. The van der Waals surface area contributed by atoms with Gasteiger partial charge in [-0.1, -0.05) is 22.0 Å². The van der Waals surface area contributed by atoms with Crippen LogP contribution >= 0.6 is 15.9 Å². The lowest BCUT2D eigenvalue weighted by atomic mass is 10.0. The average Bonchev–Trinajstić information content (AvgIpc) is 2.83. The molecule has 0 radical (unpaired) electrons. The molecule has 1 aromatic heterocycles. The molecule has 6 heteroatoms. The maximum atomic E-state index is 12.3. The van der Waals surface area contributed by atoms with E-state index in [0.717, 1.165) is 21.1 Å². The molecule has 5 nitrogen and oxygen atoms in total. The van der Waals surface area contributed by atoms with E-state index in [2.05, 4.69) is 39.6 Å². The molecule has 1 amide bonds. The maximum Gasteiger partial charge on any atom is 0.410 e. The Bertz CT molecular complexity index is 794. The topological polar surface area (TPSA) is 54.7 Å². The molecule has 0 bridgehead atoms. The van der Waals surface area contributed by atoms with Crippen LogP contribution in [0.5, 0.6) is 0 Å². The van der Waals surface area contributed by atoms with Gasteiger partial charge in [0.25, 0.3) is 0 Å². The number of fused-ring (bicyclic) bond motifs is 1. The van der Waals surface area contributed by atoms with Gasteiger partial charge in [-0.05, 0) is 52.3 Å². The Balaban J connectivity index is 1.82. The van der Waals surface area contributed by atoms with E-state index in [0.29, 0.717) is 13.0 Å². The molecule has 0 aliphatic carbocycles. The molecule has 1 saturated heterocycles. The van der Waals surface area contributed by atoms with Crippen LogP contribution in [-0.4, -0.2) is 45.5 Å². The summed E-state index contributed by atoms with van der Waals surface area (Å²) in [5.41, 5.74) is 1.68. The number of rotatable bonds is 1. The maximum absolute atomic E-state index is 12.3. The molecule has 1 unspecified atom stereocenters. The number of carbonyl (C=O) groups excluding carboxylic acids is 1. The molecule has 3 rings (SSSR count). The summed E-state index contributed by atoms with van der Waals surface area (Å²) >= 11 is 3.59. The largest absolute Gasteiger partial charge is 0.444 e. The molecule has 1 aliphatic heterocycles. The first-order valence-electron chi connectivity index (χ1n) is 8.59. The van der Waals surface area contributed by atoms with Gasteiger partial charge in [-0.2, -0.15) is 0 Å². The summed E-state index contributed by atoms with van der Waals surface area (Å²) in [6, 6.07) is 8.18. The van der Waals surface area contributed by atoms with Gasteiger partial charge in [0.1, 0.15) is 5.60 Å². The first kappa shape index (κ1) is 18.3. The molecule has 2 heterocycles. The number of aryl methyl sites for hydroxylation is 1. The first-order valence-corrected chi connectivity index (χ1v) is 9.39. The van der Waals surface area contributed by atoms with Crippen molar-refractivity contribution < 1.29 is 14.6 Å². The lowest BCUT2D eigenvalue weighted by Gasteiger charge is -2.38. The summed E-state index contributed by atoms with van der Waals surface area (Å²) in [6.07, 6.45) is -0.297. The lowest BCUT2D eigenvalue weighted by molar-refractivity contribution is -0.00956. The van der Waals surface area contributed by atoms with E-state index in [9.17, 15) is 9.90 Å². The summed E-state index contributed by atoms with van der Waals surface area (Å²) in [7, 11) is 0. The normalized spacial score (nSPS) is 21.6. The number of β-amino-alcohol motifs (C(OH)–C–C–N with tert-alkyl or cyclic N) is 1. The third kappa shape index (κ3) is 3.70. The van der Waals surface area contributed by atoms with E-state index < -0.39 is 11.7 Å². The minimum absolute atomic E-state index is 0.0505. The molecule has 1 fully saturated rings. The van der Waals surface area contributed by atoms with Gasteiger partial charge < -0.3 is 19.3 Å². The van der Waals surface area contributed by atoms with E-state index in [1.165, 1.54) is 0 Å². The van der Waals surface area contributed by atoms with Crippen LogP contribution in [-0.2, 0) is 4.74 Å². The number of hydrogen-bond acceptors (Lipinski definition) is 3. The fourth-order valence-corrected chi connectivity index (χ4v) is 3.97. The van der Waals surface area contributed by atoms with Crippen LogP contribution in [0.3, 0.4) is 0 Å². The minimum atomic E-state index is -0.630. The number of likely N-dealkylation sites (tertiary alicyclic amines) is 1. The van der Waals surface area contributed by atoms with E-state index in [-0.39, 0.29) is 18.7 Å². The van der Waals surface area contributed by atoms with Crippen LogP contribution in [0.2, 0.25) is 0 Å². The molecule has 1 N–H and O–H groups in total. The third-order valence-electron chi connectivity index (χ3n) is 4.55. The number of ether oxygens (including phenoxy) is 1. The summed E-state index contributed by atoms with van der Waals surface area (Å²) in [4.78, 5) is 13.9. The van der Waals surface area contributed by atoms with Gasteiger partial charge in [0.15, 0.2) is 0 Å². The quantitative estimate of drug-likeness (QED) is 0.766. The zero-order valence-corrected chi connectivity index (χ0v) is 16.7. The van der Waals surface area contributed by atoms with Crippen molar-refractivity contribution in [2.75, 3.05) is 13.1 Å². The van der Waals surface area contributed by atoms with Gasteiger partial charge in [0.2, 0.25) is 0 Å². The van der Waals surface area contributed by atoms with Gasteiger partial charge in [0.05, 0.1) is 18.7 Å². The standard InChI is InChI=1S/C19H25BrN2O3/c1-12-10-13-14(20)6-5-7-15(13)22(12)16-8-9-21(11-17(16)23)18(24)25-19(2,3)4/h5-7,10,16-17,23H,8-9,11H2,1-4H3/t16-,17?/m1/s1. The molecule has 25 heavy (non-hydrogen) atoms. The number of amides is 1. The zero-order chi connectivity index (χ0) is 18.4. The SMILES string of the molecule is Cc1cc2c(Br)cccc2n1[C@@H]1CCN(C(=O)OC(C)(C)C)CC1O. The van der Waals surface area contributed by atoms with Crippen molar-refractivity contribution in [2.24, 2.45) is 0 Å². The molecule has 2 atom stereocenters. The summed E-state index contributed by atoms with van der Waals surface area (Å²) in [5, 5.41) is 11.9. The van der Waals surface area contributed by atoms with Crippen molar-refractivity contribution in [1.29, 1.82) is 0 Å². The van der Waals surface area contributed by atoms with Crippen LogP contribution in [0.1, 0.15) is 38.9 Å². The number of carbonyl (C=O) groups is 1. The van der Waals surface area contributed by atoms with Crippen LogP contribution < -0.4 is 0 Å². The number of piperidine rings is 1. The van der Waals surface area contributed by atoms with Gasteiger partial charge in [-0.15, -0.1) is 0 Å². The predicted molar refractivity (Wildman–Crippen MR) is 102 cm³/mol. The number of aliphatic hydroxyl groups excluding tert-OH is 1. The number of hydrogen-bond donors (Lipinski definition) is 1. The average molecular weight is 409 g/mol. The minimum Gasteiger partial charge on any atom is -0.444 e. The summed E-state index contributed by atoms with van der Waals surface area (Å²) in [5.74, 6) is 0. The van der Waals surface area contributed by atoms with Gasteiger partial charge >= 0.3 is 6.09 Å². The highest BCUT2D eigenvalue weighted by Crippen LogP contribution is 2.33. The van der Waals surface area contributed by atoms with Crippen molar-refractivity contribution in [2.45, 2.75) is 51.9 Å². The Morgan fingerprint density at radius 3 is 2.72 bits per heavy atom. The first-order chi connectivity index (χ1) is 11.7. The van der Waals surface area contributed by atoms with E-state index >= 15 is 0 Å². The Hall–Kier alpha value is -1.53. The van der Waals surface area contributed by atoms with E-state index in [1.807, 2.05) is 32.9 Å². The highest BCUT2D eigenvalue weighted by Gasteiger charge is 2.34. The van der Waals surface area contributed by atoms with Crippen molar-refractivity contribution in [3.8, 4) is 0 Å². The second-order valence-corrected chi connectivity index (χ2v) is 8.53. The Morgan fingerprint density at radius 2 is 2.08 bits per heavy atom. The fourth-order valence-electron chi connectivity index (χ4n) is 3.50. The van der Waals surface area contributed by atoms with Gasteiger partial charge in [0, 0.05) is 27.6 Å². The second kappa shape index (κ2) is 6.65. The van der Waals surface area contributed by atoms with E-state index in [1.54, 1.807) is 4.90 Å². The van der Waals surface area contributed by atoms with Gasteiger partial charge in [-0.25, -0.2) is 4.79 Å². The fraction of sp³-hybridized carbons (Fsp3) is 0.526. The van der Waals surface area contributed by atoms with Crippen LogP contribution in [0.15, 0.2) is 28.7 Å². The van der Waals surface area contributed by atoms with Crippen LogP contribution in [0.4, 0.5) is 4.79 Å². The third-order valence-corrected chi connectivity index (χ3v) is 5.24. The van der Waals surface area contributed by atoms with Crippen LogP contribution in [0.25, 0.3) is 10.9 Å². The molecule has 136 valence electrons. The van der Waals surface area contributed by atoms with Crippen molar-refractivity contribution in [3.05, 3.63) is 34.4 Å². The van der Waals surface area contributed by atoms with Crippen molar-refractivity contribution >= 4 is 32.9 Å². The highest BCUT2D eigenvalue weighted by atomic mass is 79.9. The number of aliphatic hydroxyl groups is 1. The Kier molecular flexibility index (Phi) is 4.86. The summed E-state index contributed by atoms with van der Waals surface area (Å²) < 4.78 is 8.66. The lowest BCUT2D eigenvalue weighted by Crippen LogP contribution is -2.48. The Labute approximate surface area is 156 Å². The molecule has 0 spiro atoms. The summed E-state index contributed by atoms with van der Waals surface area (Å²) in [6.45, 7) is 8.46. The Morgan fingerprint density at radius 1 is 1.36 bits per heavy atom. The predicted octanol–water partition coefficient (Wildman–Crippen LogP) is 4.26. The molecular formula is C19H25BrN2O3. The highest BCUT2D eigenvalue weighted by molar-refractivity contribution is 9.10. The van der Waals surface area contributed by atoms with Crippen molar-refractivity contribution in [3.63, 3.8) is 0 Å². The van der Waals surface area contributed by atoms with Crippen LogP contribution in [0, 0.1) is 6.92 Å². The van der Waals surface area contributed by atoms with Crippen molar-refractivity contribution in [1.82, 2.24) is 9.47 Å². The number of aromatic nitrogens is 1. The van der Waals surface area contributed by atoms with E-state index in [4.69, 9.17) is 4.74 Å². The zero-order valence-electron chi connectivity index (χ0n) is 15.1. The number of nitrogens with zero attached hydrogens (tertiary/aromatic N) is 2. The smallest absolute Gasteiger partial charge is 0.410 e. The number of benzene rings is 1. The monoisotopic (exact) mass is 408 g/mol. The van der Waals surface area contributed by atoms with Gasteiger partial charge in [-0.3, -0.25) is 0 Å². The molecule has 1 aromatic carbocycles. The second-order valence-electron chi connectivity index (χ2n) is 7.68.